The highest BCUT2D eigenvalue weighted by Crippen LogP contribution is 2.29. The van der Waals surface area contributed by atoms with Gasteiger partial charge in [0.1, 0.15) is 29.7 Å². The molecule has 4 rings (SSSR count). The summed E-state index contributed by atoms with van der Waals surface area (Å²) < 4.78 is 8.96. The molecule has 2 aromatic heterocycles. The first-order chi connectivity index (χ1) is 13.7. The first kappa shape index (κ1) is 17.7. The molecule has 0 aliphatic carbocycles. The summed E-state index contributed by atoms with van der Waals surface area (Å²) in [6.07, 6.45) is 3.55. The maximum absolute atomic E-state index is 12.9. The van der Waals surface area contributed by atoms with Crippen molar-refractivity contribution in [2.75, 3.05) is 7.11 Å². The van der Waals surface area contributed by atoms with Crippen molar-refractivity contribution >= 4 is 16.9 Å². The Morgan fingerprint density at radius 3 is 2.75 bits per heavy atom. The number of rotatable bonds is 6. The number of imidazole rings is 1. The zero-order valence-corrected chi connectivity index (χ0v) is 15.6. The lowest BCUT2D eigenvalue weighted by Gasteiger charge is -2.21. The van der Waals surface area contributed by atoms with E-state index in [0.29, 0.717) is 11.6 Å². The minimum atomic E-state index is -0.460. The van der Waals surface area contributed by atoms with Gasteiger partial charge in [0.05, 0.1) is 12.6 Å². The summed E-state index contributed by atoms with van der Waals surface area (Å²) in [7, 11) is 3.50. The molecule has 28 heavy (non-hydrogen) atoms. The van der Waals surface area contributed by atoms with Crippen molar-refractivity contribution in [3.8, 4) is 5.75 Å². The van der Waals surface area contributed by atoms with Gasteiger partial charge in [0.15, 0.2) is 0 Å². The van der Waals surface area contributed by atoms with Gasteiger partial charge in [-0.15, -0.1) is 5.10 Å². The molecule has 0 spiro atoms. The average Bonchev–Trinajstić information content (AvgIpc) is 3.32. The third kappa shape index (κ3) is 3.32. The highest BCUT2D eigenvalue weighted by atomic mass is 16.5. The van der Waals surface area contributed by atoms with Gasteiger partial charge in [-0.05, 0) is 18.2 Å². The lowest BCUT2D eigenvalue weighted by molar-refractivity contribution is -0.122. The van der Waals surface area contributed by atoms with Gasteiger partial charge in [-0.2, -0.15) is 0 Å². The van der Waals surface area contributed by atoms with Crippen LogP contribution in [0.1, 0.15) is 17.4 Å². The normalized spacial score (nSPS) is 12.1. The zero-order valence-electron chi connectivity index (χ0n) is 15.6. The number of methoxy groups -OCH3 is 1. The van der Waals surface area contributed by atoms with Crippen molar-refractivity contribution < 1.29 is 9.53 Å². The minimum Gasteiger partial charge on any atom is -0.496 e. The molecule has 142 valence electrons. The highest BCUT2D eigenvalue weighted by molar-refractivity contribution is 5.80. The summed E-state index contributed by atoms with van der Waals surface area (Å²) in [5, 5.41) is 11.2. The van der Waals surface area contributed by atoms with Crippen LogP contribution in [-0.2, 0) is 18.4 Å². The molecule has 0 saturated heterocycles. The van der Waals surface area contributed by atoms with Crippen molar-refractivity contribution in [2.45, 2.75) is 12.6 Å². The molecule has 1 amide bonds. The molecule has 0 fully saturated rings. The number of aromatic nitrogens is 5. The Hall–Kier alpha value is -3.68. The monoisotopic (exact) mass is 376 g/mol. The van der Waals surface area contributed by atoms with E-state index < -0.39 is 6.04 Å². The molecule has 2 aromatic carbocycles. The fraction of sp³-hybridized carbons (Fsp3) is 0.200. The summed E-state index contributed by atoms with van der Waals surface area (Å²) in [6.45, 7) is 0.0522. The SMILES string of the molecule is COc1ccccc1C(NC(=O)Cn1nnc2ccccc21)c1nccn1C. The fourth-order valence-corrected chi connectivity index (χ4v) is 3.22. The Morgan fingerprint density at radius 1 is 1.18 bits per heavy atom. The zero-order chi connectivity index (χ0) is 19.5. The molecule has 0 aliphatic rings. The standard InChI is InChI=1S/C20H20N6O2/c1-25-12-11-21-20(25)19(14-7-3-6-10-17(14)28-2)22-18(27)13-26-16-9-5-4-8-15(16)23-24-26/h3-12,19H,13H2,1-2H3,(H,22,27). The van der Waals surface area contributed by atoms with Crippen LogP contribution in [0.3, 0.4) is 0 Å². The molecule has 0 radical (unpaired) electrons. The topological polar surface area (TPSA) is 86.9 Å². The molecule has 0 bridgehead atoms. The molecule has 2 heterocycles. The van der Waals surface area contributed by atoms with Gasteiger partial charge in [0.25, 0.3) is 0 Å². The molecule has 0 aliphatic heterocycles. The van der Waals surface area contributed by atoms with Crippen LogP contribution in [-0.4, -0.2) is 37.6 Å². The lowest BCUT2D eigenvalue weighted by atomic mass is 10.0. The summed E-state index contributed by atoms with van der Waals surface area (Å²) in [5.41, 5.74) is 2.39. The predicted octanol–water partition coefficient (Wildman–Crippen LogP) is 2.08. The quantitative estimate of drug-likeness (QED) is 0.557. The van der Waals surface area contributed by atoms with Crippen LogP contribution in [0.25, 0.3) is 11.0 Å². The van der Waals surface area contributed by atoms with Crippen LogP contribution < -0.4 is 10.1 Å². The van der Waals surface area contributed by atoms with E-state index in [9.17, 15) is 4.79 Å². The number of amides is 1. The molecule has 8 heteroatoms. The molecule has 0 saturated carbocycles. The van der Waals surface area contributed by atoms with Gasteiger partial charge in [-0.3, -0.25) is 4.79 Å². The molecule has 8 nitrogen and oxygen atoms in total. The van der Waals surface area contributed by atoms with E-state index in [1.807, 2.05) is 66.3 Å². The second kappa shape index (κ2) is 7.51. The van der Waals surface area contributed by atoms with Crippen molar-refractivity contribution in [3.63, 3.8) is 0 Å². The van der Waals surface area contributed by atoms with E-state index in [-0.39, 0.29) is 12.5 Å². The van der Waals surface area contributed by atoms with Crippen LogP contribution in [0.5, 0.6) is 5.75 Å². The number of nitrogens with zero attached hydrogens (tertiary/aromatic N) is 5. The van der Waals surface area contributed by atoms with Crippen molar-refractivity contribution in [3.05, 3.63) is 72.3 Å². The highest BCUT2D eigenvalue weighted by Gasteiger charge is 2.24. The van der Waals surface area contributed by atoms with Crippen molar-refractivity contribution in [2.24, 2.45) is 7.05 Å². The molecule has 1 unspecified atom stereocenters. The number of ether oxygens (including phenoxy) is 1. The third-order valence-corrected chi connectivity index (χ3v) is 4.59. The minimum absolute atomic E-state index is 0.0522. The molecule has 4 aromatic rings. The van der Waals surface area contributed by atoms with Gasteiger partial charge in [0.2, 0.25) is 5.91 Å². The Bertz CT molecular complexity index is 1120. The number of carbonyl (C=O) groups is 1. The number of hydrogen-bond acceptors (Lipinski definition) is 5. The van der Waals surface area contributed by atoms with Crippen LogP contribution >= 0.6 is 0 Å². The van der Waals surface area contributed by atoms with Crippen molar-refractivity contribution in [1.29, 1.82) is 0 Å². The number of hydrogen-bond donors (Lipinski definition) is 1. The fourth-order valence-electron chi connectivity index (χ4n) is 3.22. The number of para-hydroxylation sites is 2. The largest absolute Gasteiger partial charge is 0.496 e. The van der Waals surface area contributed by atoms with Gasteiger partial charge >= 0.3 is 0 Å². The number of aryl methyl sites for hydroxylation is 1. The van der Waals surface area contributed by atoms with E-state index in [2.05, 4.69) is 20.6 Å². The van der Waals surface area contributed by atoms with E-state index in [1.165, 1.54) is 0 Å². The summed E-state index contributed by atoms with van der Waals surface area (Å²) in [4.78, 5) is 17.3. The third-order valence-electron chi connectivity index (χ3n) is 4.59. The Labute approximate surface area is 161 Å². The smallest absolute Gasteiger partial charge is 0.242 e. The Balaban J connectivity index is 1.64. The van der Waals surface area contributed by atoms with Crippen LogP contribution in [0.15, 0.2) is 60.9 Å². The van der Waals surface area contributed by atoms with E-state index in [0.717, 1.165) is 16.6 Å². The van der Waals surface area contributed by atoms with E-state index >= 15 is 0 Å². The Kier molecular flexibility index (Phi) is 4.76. The van der Waals surface area contributed by atoms with E-state index in [4.69, 9.17) is 4.74 Å². The maximum atomic E-state index is 12.9. The maximum Gasteiger partial charge on any atom is 0.242 e. The van der Waals surface area contributed by atoms with Gasteiger partial charge < -0.3 is 14.6 Å². The predicted molar refractivity (Wildman–Crippen MR) is 104 cm³/mol. The number of nitrogens with one attached hydrogen (secondary N) is 1. The summed E-state index contributed by atoms with van der Waals surface area (Å²) in [5.74, 6) is 1.19. The number of benzene rings is 2. The second-order valence-corrected chi connectivity index (χ2v) is 6.37. The lowest BCUT2D eigenvalue weighted by Crippen LogP contribution is -2.34. The Morgan fingerprint density at radius 2 is 1.96 bits per heavy atom. The number of carbonyl (C=O) groups excluding carboxylic acids is 1. The summed E-state index contributed by atoms with van der Waals surface area (Å²) in [6, 6.07) is 14.7. The van der Waals surface area contributed by atoms with Gasteiger partial charge in [0, 0.05) is 25.0 Å². The van der Waals surface area contributed by atoms with Crippen LogP contribution in [0.2, 0.25) is 0 Å². The molecular formula is C20H20N6O2. The first-order valence-corrected chi connectivity index (χ1v) is 8.85. The molecule has 1 N–H and O–H groups in total. The van der Waals surface area contributed by atoms with Crippen LogP contribution in [0, 0.1) is 0 Å². The average molecular weight is 376 g/mol. The van der Waals surface area contributed by atoms with E-state index in [1.54, 1.807) is 18.0 Å². The number of fused-ring (bicyclic) bond motifs is 1. The molecular weight excluding hydrogens is 356 g/mol. The first-order valence-electron chi connectivity index (χ1n) is 8.85. The van der Waals surface area contributed by atoms with Crippen LogP contribution in [0.4, 0.5) is 0 Å². The second-order valence-electron chi connectivity index (χ2n) is 6.37. The summed E-state index contributed by atoms with van der Waals surface area (Å²) >= 11 is 0. The van der Waals surface area contributed by atoms with Gasteiger partial charge in [-0.25, -0.2) is 9.67 Å². The molecule has 1 atom stereocenters. The van der Waals surface area contributed by atoms with Crippen molar-refractivity contribution in [1.82, 2.24) is 29.9 Å². The van der Waals surface area contributed by atoms with Gasteiger partial charge in [-0.1, -0.05) is 35.5 Å².